The molecule has 0 aliphatic carbocycles. The lowest BCUT2D eigenvalue weighted by molar-refractivity contribution is 0.0995. The molecule has 0 aliphatic rings. The van der Waals surface area contributed by atoms with Crippen LogP contribution in [0.4, 0.5) is 4.39 Å². The van der Waals surface area contributed by atoms with E-state index in [1.54, 1.807) is 0 Å². The van der Waals surface area contributed by atoms with Gasteiger partial charge in [0.1, 0.15) is 0 Å². The first-order chi connectivity index (χ1) is 5.11. The second kappa shape index (κ2) is 2.96. The molecule has 0 bridgehead atoms. The average molecular weight is 219 g/mol. The number of hydrogen-bond donors (Lipinski definition) is 1. The number of nitrogens with zero attached hydrogens (tertiary/aromatic N) is 1. The molecule has 5 heteroatoms. The normalized spacial score (nSPS) is 9.64. The van der Waals surface area contributed by atoms with Crippen LogP contribution in [0.2, 0.25) is 0 Å². The summed E-state index contributed by atoms with van der Waals surface area (Å²) in [5, 5.41) is 0. The second-order valence-corrected chi connectivity index (χ2v) is 2.77. The maximum Gasteiger partial charge on any atom is 0.253 e. The highest BCUT2D eigenvalue weighted by Gasteiger charge is 2.08. The Labute approximate surface area is 70.6 Å². The number of primary amides is 1. The number of amides is 1. The zero-order chi connectivity index (χ0) is 8.43. The van der Waals surface area contributed by atoms with Gasteiger partial charge < -0.3 is 5.73 Å². The summed E-state index contributed by atoms with van der Waals surface area (Å²) < 4.78 is 13.1. The maximum atomic E-state index is 12.6. The van der Waals surface area contributed by atoms with Gasteiger partial charge in [-0.05, 0) is 22.0 Å². The van der Waals surface area contributed by atoms with Crippen molar-refractivity contribution in [3.8, 4) is 0 Å². The van der Waals surface area contributed by atoms with Gasteiger partial charge in [0, 0.05) is 10.7 Å². The number of halogens is 2. The summed E-state index contributed by atoms with van der Waals surface area (Å²) in [6.07, 6.45) is 1.25. The van der Waals surface area contributed by atoms with Gasteiger partial charge in [0.05, 0.1) is 5.56 Å². The van der Waals surface area contributed by atoms with Crippen LogP contribution in [-0.4, -0.2) is 10.9 Å². The standard InChI is InChI=1S/C6H4BrFN2O/c7-3-1-4(6(9)11)5(8)10-2-3/h1-2H,(H2,9,11). The Balaban J connectivity index is 3.23. The molecule has 0 fully saturated rings. The van der Waals surface area contributed by atoms with Crippen molar-refractivity contribution in [2.45, 2.75) is 0 Å². The molecule has 1 amide bonds. The summed E-state index contributed by atoms with van der Waals surface area (Å²) >= 11 is 3.03. The van der Waals surface area contributed by atoms with Crippen molar-refractivity contribution in [3.05, 3.63) is 28.2 Å². The van der Waals surface area contributed by atoms with Crippen LogP contribution in [0.15, 0.2) is 16.7 Å². The van der Waals surface area contributed by atoms with Crippen molar-refractivity contribution in [1.82, 2.24) is 4.98 Å². The van der Waals surface area contributed by atoms with Crippen LogP contribution < -0.4 is 5.73 Å². The highest BCUT2D eigenvalue weighted by atomic mass is 79.9. The molecule has 0 atom stereocenters. The van der Waals surface area contributed by atoms with Crippen LogP contribution >= 0.6 is 15.9 Å². The molecule has 0 spiro atoms. The van der Waals surface area contributed by atoms with E-state index in [-0.39, 0.29) is 5.56 Å². The third-order valence-electron chi connectivity index (χ3n) is 1.07. The fourth-order valence-corrected chi connectivity index (χ4v) is 0.927. The van der Waals surface area contributed by atoms with Crippen LogP contribution in [0.1, 0.15) is 10.4 Å². The van der Waals surface area contributed by atoms with Gasteiger partial charge in [0.25, 0.3) is 5.91 Å². The van der Waals surface area contributed by atoms with Crippen molar-refractivity contribution in [2.24, 2.45) is 5.73 Å². The minimum atomic E-state index is -0.847. The molecule has 0 radical (unpaired) electrons. The van der Waals surface area contributed by atoms with E-state index in [4.69, 9.17) is 5.73 Å². The Hall–Kier alpha value is -0.970. The summed E-state index contributed by atoms with van der Waals surface area (Å²) in [4.78, 5) is 13.8. The van der Waals surface area contributed by atoms with Gasteiger partial charge in [-0.15, -0.1) is 0 Å². The second-order valence-electron chi connectivity index (χ2n) is 1.86. The molecule has 0 saturated heterocycles. The summed E-state index contributed by atoms with van der Waals surface area (Å²) in [7, 11) is 0. The molecule has 1 rings (SSSR count). The molecule has 58 valence electrons. The average Bonchev–Trinajstić information content (AvgIpc) is 1.94. The minimum absolute atomic E-state index is 0.209. The molecule has 11 heavy (non-hydrogen) atoms. The van der Waals surface area contributed by atoms with Gasteiger partial charge >= 0.3 is 0 Å². The predicted molar refractivity (Wildman–Crippen MR) is 40.4 cm³/mol. The Morgan fingerprint density at radius 3 is 2.82 bits per heavy atom. The van der Waals surface area contributed by atoms with E-state index in [2.05, 4.69) is 20.9 Å². The Morgan fingerprint density at radius 2 is 2.36 bits per heavy atom. The van der Waals surface area contributed by atoms with E-state index in [0.29, 0.717) is 4.47 Å². The SMILES string of the molecule is NC(=O)c1cc(Br)cnc1F. The van der Waals surface area contributed by atoms with E-state index in [1.165, 1.54) is 12.3 Å². The van der Waals surface area contributed by atoms with Crippen LogP contribution in [0.3, 0.4) is 0 Å². The van der Waals surface area contributed by atoms with Crippen LogP contribution in [0, 0.1) is 5.95 Å². The minimum Gasteiger partial charge on any atom is -0.365 e. The van der Waals surface area contributed by atoms with Crippen molar-refractivity contribution < 1.29 is 9.18 Å². The van der Waals surface area contributed by atoms with Gasteiger partial charge in [-0.1, -0.05) is 0 Å². The molecule has 3 nitrogen and oxygen atoms in total. The summed E-state index contributed by atoms with van der Waals surface area (Å²) in [5.74, 6) is -1.67. The first-order valence-corrected chi connectivity index (χ1v) is 3.51. The van der Waals surface area contributed by atoms with Crippen molar-refractivity contribution in [3.63, 3.8) is 0 Å². The van der Waals surface area contributed by atoms with Gasteiger partial charge in [0.2, 0.25) is 5.95 Å². The lowest BCUT2D eigenvalue weighted by Gasteiger charge is -1.96. The van der Waals surface area contributed by atoms with Gasteiger partial charge in [-0.25, -0.2) is 4.98 Å². The smallest absolute Gasteiger partial charge is 0.253 e. The lowest BCUT2D eigenvalue weighted by atomic mass is 10.3. The molecule has 1 heterocycles. The number of pyridine rings is 1. The summed E-state index contributed by atoms with van der Waals surface area (Å²) in [5.41, 5.74) is 4.63. The monoisotopic (exact) mass is 218 g/mol. The van der Waals surface area contributed by atoms with Crippen molar-refractivity contribution in [2.75, 3.05) is 0 Å². The van der Waals surface area contributed by atoms with E-state index in [0.717, 1.165) is 0 Å². The quantitative estimate of drug-likeness (QED) is 0.718. The molecule has 0 aromatic carbocycles. The third-order valence-corrected chi connectivity index (χ3v) is 1.50. The van der Waals surface area contributed by atoms with Crippen molar-refractivity contribution >= 4 is 21.8 Å². The summed E-state index contributed by atoms with van der Waals surface area (Å²) in [6.45, 7) is 0. The molecule has 0 unspecified atom stereocenters. The Morgan fingerprint density at radius 1 is 1.73 bits per heavy atom. The lowest BCUT2D eigenvalue weighted by Crippen LogP contribution is -2.13. The molecule has 1 aromatic rings. The first kappa shape index (κ1) is 8.13. The fourth-order valence-electron chi connectivity index (χ4n) is 0.595. The maximum absolute atomic E-state index is 12.6. The van der Waals surface area contributed by atoms with Gasteiger partial charge in [-0.2, -0.15) is 4.39 Å². The molecule has 0 saturated carbocycles. The van der Waals surface area contributed by atoms with Gasteiger partial charge in [-0.3, -0.25) is 4.79 Å². The summed E-state index contributed by atoms with van der Waals surface area (Å²) in [6, 6.07) is 1.28. The molecule has 1 aromatic heterocycles. The molecule has 0 aliphatic heterocycles. The Bertz CT molecular complexity index is 303. The predicted octanol–water partition coefficient (Wildman–Crippen LogP) is 1.08. The van der Waals surface area contributed by atoms with Crippen LogP contribution in [0.5, 0.6) is 0 Å². The first-order valence-electron chi connectivity index (χ1n) is 2.72. The van der Waals surface area contributed by atoms with Crippen LogP contribution in [0.25, 0.3) is 0 Å². The van der Waals surface area contributed by atoms with E-state index < -0.39 is 11.9 Å². The molecule has 2 N–H and O–H groups in total. The topological polar surface area (TPSA) is 56.0 Å². The molecular formula is C6H4BrFN2O. The number of hydrogen-bond acceptors (Lipinski definition) is 2. The van der Waals surface area contributed by atoms with Crippen molar-refractivity contribution in [1.29, 1.82) is 0 Å². The van der Waals surface area contributed by atoms with Crippen LogP contribution in [-0.2, 0) is 0 Å². The van der Waals surface area contributed by atoms with Gasteiger partial charge in [0.15, 0.2) is 0 Å². The Kier molecular flexibility index (Phi) is 2.19. The van der Waals surface area contributed by atoms with E-state index in [1.807, 2.05) is 0 Å². The third kappa shape index (κ3) is 1.74. The van der Waals surface area contributed by atoms with E-state index in [9.17, 15) is 9.18 Å². The zero-order valence-electron chi connectivity index (χ0n) is 5.34. The number of carbonyl (C=O) groups excluding carboxylic acids is 1. The molecular weight excluding hydrogens is 215 g/mol. The van der Waals surface area contributed by atoms with E-state index >= 15 is 0 Å². The number of rotatable bonds is 1. The highest BCUT2D eigenvalue weighted by molar-refractivity contribution is 9.10. The number of aromatic nitrogens is 1. The largest absolute Gasteiger partial charge is 0.365 e. The fraction of sp³-hybridized carbons (Fsp3) is 0. The number of nitrogens with two attached hydrogens (primary N) is 1. The number of carbonyl (C=O) groups is 1. The zero-order valence-corrected chi connectivity index (χ0v) is 6.93. The highest BCUT2D eigenvalue weighted by Crippen LogP contribution is 2.11.